The van der Waals surface area contributed by atoms with Crippen molar-refractivity contribution in [3.63, 3.8) is 0 Å². The first-order valence-corrected chi connectivity index (χ1v) is 21.0. The predicted molar refractivity (Wildman–Crippen MR) is 200 cm³/mol. The standard InChI is InChI=1S/C37H74O2S.C3H6O2/c1-3-5-6-7-8-9-10-11-12-13-14-15-16-17-18-19-20-21-22-23-24-25-26-27-28-29-30-31-32-33-34-35-36-40-39-37(38)4-2;1-2-3(4)5/h3-36H2,1-2H3;2H2,1H3,(H,4,5). The Hall–Kier alpha value is -0.710. The normalized spacial score (nSPS) is 10.9. The highest BCUT2D eigenvalue weighted by molar-refractivity contribution is 7.95. The Kier molecular flexibility index (Phi) is 44.6. The Bertz CT molecular complexity index is 568. The minimum atomic E-state index is -0.745. The molecule has 0 amide bonds. The van der Waals surface area contributed by atoms with E-state index in [0.29, 0.717) is 6.42 Å². The molecular weight excluding hydrogens is 577 g/mol. The molecule has 0 aromatic heterocycles. The van der Waals surface area contributed by atoms with Crippen LogP contribution in [0.5, 0.6) is 0 Å². The minimum absolute atomic E-state index is 0.0964. The van der Waals surface area contributed by atoms with Crippen molar-refractivity contribution in [2.75, 3.05) is 5.75 Å². The first-order chi connectivity index (χ1) is 22.1. The zero-order chi connectivity index (χ0) is 33.3. The van der Waals surface area contributed by atoms with Crippen molar-refractivity contribution < 1.29 is 18.9 Å². The molecule has 0 saturated carbocycles. The quantitative estimate of drug-likeness (QED) is 0.0537. The number of unbranched alkanes of at least 4 members (excludes halogenated alkanes) is 31. The van der Waals surface area contributed by atoms with Crippen LogP contribution in [0.3, 0.4) is 0 Å². The average molecular weight is 657 g/mol. The molecule has 1 N–H and O–H groups in total. The van der Waals surface area contributed by atoms with Gasteiger partial charge in [-0.25, -0.2) is 0 Å². The molecule has 0 heterocycles. The van der Waals surface area contributed by atoms with Crippen molar-refractivity contribution in [2.24, 2.45) is 0 Å². The summed E-state index contributed by atoms with van der Waals surface area (Å²) in [5.74, 6) is 0.108. The third-order valence-electron chi connectivity index (χ3n) is 8.82. The van der Waals surface area contributed by atoms with E-state index in [2.05, 4.69) is 6.92 Å². The van der Waals surface area contributed by atoms with Crippen molar-refractivity contribution in [3.05, 3.63) is 0 Å². The summed E-state index contributed by atoms with van der Waals surface area (Å²) in [6.07, 6.45) is 46.8. The number of hydrogen-bond acceptors (Lipinski definition) is 4. The summed E-state index contributed by atoms with van der Waals surface area (Å²) in [6.45, 7) is 5.74. The molecule has 0 spiro atoms. The molecule has 0 fully saturated rings. The van der Waals surface area contributed by atoms with Gasteiger partial charge in [0, 0.05) is 18.6 Å². The fraction of sp³-hybridized carbons (Fsp3) is 0.950. The van der Waals surface area contributed by atoms with Crippen molar-refractivity contribution in [3.8, 4) is 0 Å². The maximum atomic E-state index is 11.0. The van der Waals surface area contributed by atoms with E-state index in [1.165, 1.54) is 218 Å². The van der Waals surface area contributed by atoms with Crippen LogP contribution in [0.2, 0.25) is 0 Å². The van der Waals surface area contributed by atoms with Crippen molar-refractivity contribution in [1.82, 2.24) is 0 Å². The molecular formula is C40H80O4S. The lowest BCUT2D eigenvalue weighted by Gasteiger charge is -2.05. The lowest BCUT2D eigenvalue weighted by Crippen LogP contribution is -1.96. The van der Waals surface area contributed by atoms with Gasteiger partial charge in [-0.2, -0.15) is 0 Å². The SMILES string of the molecule is CCC(=O)O.CCCCCCCCCCCCCCCCCCCCCCCCCCCCCCCCCCSOC(=O)CC. The molecule has 270 valence electrons. The molecule has 0 rings (SSSR count). The van der Waals surface area contributed by atoms with E-state index >= 15 is 0 Å². The number of carboxylic acid groups (broad SMARTS) is 1. The van der Waals surface area contributed by atoms with Gasteiger partial charge in [0.1, 0.15) is 0 Å². The van der Waals surface area contributed by atoms with E-state index in [1.54, 1.807) is 6.92 Å². The Labute approximate surface area is 287 Å². The maximum Gasteiger partial charge on any atom is 0.317 e. The molecule has 4 nitrogen and oxygen atoms in total. The van der Waals surface area contributed by atoms with E-state index in [0.717, 1.165) is 5.75 Å². The fourth-order valence-electron chi connectivity index (χ4n) is 5.70. The van der Waals surface area contributed by atoms with Gasteiger partial charge in [0.05, 0.1) is 12.0 Å². The number of carbonyl (C=O) groups is 2. The third-order valence-corrected chi connectivity index (χ3v) is 9.58. The molecule has 0 aliphatic carbocycles. The molecule has 0 aliphatic rings. The maximum absolute atomic E-state index is 11.0. The molecule has 0 bridgehead atoms. The summed E-state index contributed by atoms with van der Waals surface area (Å²) in [4.78, 5) is 20.4. The van der Waals surface area contributed by atoms with Crippen molar-refractivity contribution in [1.29, 1.82) is 0 Å². The zero-order valence-electron chi connectivity index (χ0n) is 30.8. The zero-order valence-corrected chi connectivity index (χ0v) is 31.6. The summed E-state index contributed by atoms with van der Waals surface area (Å²) in [5.41, 5.74) is 0. The van der Waals surface area contributed by atoms with E-state index in [9.17, 15) is 9.59 Å². The number of carboxylic acids is 1. The predicted octanol–water partition coefficient (Wildman–Crippen LogP) is 14.6. The molecule has 0 aromatic carbocycles. The van der Waals surface area contributed by atoms with Gasteiger partial charge in [-0.1, -0.05) is 220 Å². The van der Waals surface area contributed by atoms with Gasteiger partial charge < -0.3 is 9.29 Å². The van der Waals surface area contributed by atoms with Crippen LogP contribution in [-0.4, -0.2) is 22.8 Å². The van der Waals surface area contributed by atoms with E-state index in [4.69, 9.17) is 9.29 Å². The van der Waals surface area contributed by atoms with Crippen LogP contribution in [0.4, 0.5) is 0 Å². The van der Waals surface area contributed by atoms with Gasteiger partial charge >= 0.3 is 11.9 Å². The Morgan fingerprint density at radius 1 is 0.400 bits per heavy atom. The van der Waals surface area contributed by atoms with Crippen molar-refractivity contribution >= 4 is 24.0 Å². The lowest BCUT2D eigenvalue weighted by atomic mass is 10.0. The number of carbonyl (C=O) groups excluding carboxylic acids is 1. The van der Waals surface area contributed by atoms with Gasteiger partial charge in [0.25, 0.3) is 0 Å². The first-order valence-electron chi connectivity index (χ1n) is 20.1. The highest BCUT2D eigenvalue weighted by Crippen LogP contribution is 2.17. The van der Waals surface area contributed by atoms with Gasteiger partial charge in [-0.15, -0.1) is 0 Å². The van der Waals surface area contributed by atoms with Crippen LogP contribution >= 0.6 is 12.0 Å². The van der Waals surface area contributed by atoms with Crippen LogP contribution in [0, 0.1) is 0 Å². The highest BCUT2D eigenvalue weighted by atomic mass is 32.2. The second kappa shape index (κ2) is 43.3. The van der Waals surface area contributed by atoms with Gasteiger partial charge in [-0.3, -0.25) is 9.59 Å². The molecule has 45 heavy (non-hydrogen) atoms. The summed E-state index contributed by atoms with van der Waals surface area (Å²) in [6, 6.07) is 0. The first kappa shape index (κ1) is 46.4. The molecule has 0 saturated heterocycles. The van der Waals surface area contributed by atoms with E-state index in [-0.39, 0.29) is 12.4 Å². The fourth-order valence-corrected chi connectivity index (χ4v) is 6.36. The Balaban J connectivity index is 0. The average Bonchev–Trinajstić information content (AvgIpc) is 3.05. The summed E-state index contributed by atoms with van der Waals surface area (Å²) >= 11 is 1.33. The van der Waals surface area contributed by atoms with Crippen LogP contribution in [0.15, 0.2) is 0 Å². The van der Waals surface area contributed by atoms with Crippen LogP contribution < -0.4 is 0 Å². The van der Waals surface area contributed by atoms with E-state index in [1.807, 2.05) is 6.92 Å². The monoisotopic (exact) mass is 657 g/mol. The van der Waals surface area contributed by atoms with Gasteiger partial charge in [0.15, 0.2) is 0 Å². The number of rotatable bonds is 36. The topological polar surface area (TPSA) is 63.6 Å². The lowest BCUT2D eigenvalue weighted by molar-refractivity contribution is -0.136. The molecule has 0 atom stereocenters. The summed E-state index contributed by atoms with van der Waals surface area (Å²) < 4.78 is 5.04. The minimum Gasteiger partial charge on any atom is -0.481 e. The van der Waals surface area contributed by atoms with Gasteiger partial charge in [0.2, 0.25) is 0 Å². The van der Waals surface area contributed by atoms with E-state index < -0.39 is 5.97 Å². The van der Waals surface area contributed by atoms with Gasteiger partial charge in [-0.05, 0) is 6.42 Å². The molecule has 0 aliphatic heterocycles. The number of aliphatic carboxylic acids is 1. The Morgan fingerprint density at radius 2 is 0.622 bits per heavy atom. The molecule has 0 aromatic rings. The highest BCUT2D eigenvalue weighted by Gasteiger charge is 2.00. The number of hydrogen-bond donors (Lipinski definition) is 1. The molecule has 0 radical (unpaired) electrons. The molecule has 0 unspecified atom stereocenters. The Morgan fingerprint density at radius 3 is 0.822 bits per heavy atom. The van der Waals surface area contributed by atoms with Crippen molar-refractivity contribution in [2.45, 2.75) is 239 Å². The smallest absolute Gasteiger partial charge is 0.317 e. The third kappa shape index (κ3) is 47.8. The largest absolute Gasteiger partial charge is 0.481 e. The summed E-state index contributed by atoms with van der Waals surface area (Å²) in [5, 5.41) is 7.72. The van der Waals surface area contributed by atoms with Crippen LogP contribution in [0.1, 0.15) is 239 Å². The van der Waals surface area contributed by atoms with Crippen LogP contribution in [-0.2, 0) is 13.8 Å². The second-order valence-corrected chi connectivity index (χ2v) is 14.1. The second-order valence-electron chi connectivity index (χ2n) is 13.3. The summed E-state index contributed by atoms with van der Waals surface area (Å²) in [7, 11) is 0. The van der Waals surface area contributed by atoms with Crippen LogP contribution in [0.25, 0.3) is 0 Å². The molecule has 5 heteroatoms.